The first-order valence-electron chi connectivity index (χ1n) is 4.48. The molecule has 0 bridgehead atoms. The fraction of sp³-hybridized carbons (Fsp3) is 1.00. The molecule has 0 aromatic heterocycles. The van der Waals surface area contributed by atoms with Crippen molar-refractivity contribution in [1.29, 1.82) is 0 Å². The molecule has 0 spiro atoms. The van der Waals surface area contributed by atoms with E-state index in [0.29, 0.717) is 17.6 Å². The van der Waals surface area contributed by atoms with Crippen molar-refractivity contribution < 1.29 is 4.74 Å². The Bertz CT molecular complexity index is 160. The van der Waals surface area contributed by atoms with E-state index in [4.69, 9.17) is 4.74 Å². The first-order valence-corrected chi connectivity index (χ1v) is 5.60. The van der Waals surface area contributed by atoms with Gasteiger partial charge in [-0.25, -0.2) is 0 Å². The van der Waals surface area contributed by atoms with Crippen molar-refractivity contribution in [2.45, 2.75) is 44.8 Å². The smallest absolute Gasteiger partial charge is 0.0643 e. The highest BCUT2D eigenvalue weighted by Gasteiger charge is 2.49. The molecule has 64 valence electrons. The minimum Gasteiger partial charge on any atom is -0.375 e. The van der Waals surface area contributed by atoms with Crippen LogP contribution in [0.2, 0.25) is 0 Å². The standard InChI is InChI=1S/C9H15BrO/c1-7-5-9(6-10)4-2-3-8(9)11-7/h7-8H,2-6H2,1H3/t7-,8-,9+/m1/s1. The van der Waals surface area contributed by atoms with Crippen LogP contribution in [0.4, 0.5) is 0 Å². The van der Waals surface area contributed by atoms with Crippen molar-refractivity contribution >= 4 is 15.9 Å². The summed E-state index contributed by atoms with van der Waals surface area (Å²) in [7, 11) is 0. The molecule has 3 atom stereocenters. The number of fused-ring (bicyclic) bond motifs is 1. The monoisotopic (exact) mass is 218 g/mol. The van der Waals surface area contributed by atoms with E-state index in [2.05, 4.69) is 22.9 Å². The molecule has 1 saturated heterocycles. The van der Waals surface area contributed by atoms with Crippen molar-refractivity contribution in [2.75, 3.05) is 5.33 Å². The van der Waals surface area contributed by atoms with Crippen molar-refractivity contribution in [3.05, 3.63) is 0 Å². The lowest BCUT2D eigenvalue weighted by Gasteiger charge is -2.24. The zero-order valence-electron chi connectivity index (χ0n) is 6.98. The third-order valence-electron chi connectivity index (χ3n) is 3.18. The molecule has 11 heavy (non-hydrogen) atoms. The maximum Gasteiger partial charge on any atom is 0.0643 e. The van der Waals surface area contributed by atoms with Gasteiger partial charge in [0, 0.05) is 10.7 Å². The van der Waals surface area contributed by atoms with Gasteiger partial charge >= 0.3 is 0 Å². The predicted octanol–water partition coefficient (Wildman–Crippen LogP) is 2.73. The highest BCUT2D eigenvalue weighted by molar-refractivity contribution is 9.09. The van der Waals surface area contributed by atoms with Gasteiger partial charge in [0.25, 0.3) is 0 Å². The number of rotatable bonds is 1. The van der Waals surface area contributed by atoms with Gasteiger partial charge in [-0.05, 0) is 26.2 Å². The molecule has 0 aromatic rings. The first kappa shape index (κ1) is 8.06. The molecule has 0 N–H and O–H groups in total. The van der Waals surface area contributed by atoms with Crippen molar-refractivity contribution in [2.24, 2.45) is 5.41 Å². The van der Waals surface area contributed by atoms with E-state index in [9.17, 15) is 0 Å². The average Bonchev–Trinajstić information content (AvgIpc) is 2.43. The second-order valence-corrected chi connectivity index (χ2v) is 4.59. The molecule has 1 heterocycles. The Labute approximate surface area is 76.6 Å². The number of alkyl halides is 1. The zero-order chi connectivity index (χ0) is 7.90. The topological polar surface area (TPSA) is 9.23 Å². The van der Waals surface area contributed by atoms with E-state index in [-0.39, 0.29) is 0 Å². The minimum atomic E-state index is 0.498. The fourth-order valence-electron chi connectivity index (χ4n) is 2.66. The van der Waals surface area contributed by atoms with E-state index in [0.717, 1.165) is 5.33 Å². The third kappa shape index (κ3) is 1.15. The highest BCUT2D eigenvalue weighted by atomic mass is 79.9. The summed E-state index contributed by atoms with van der Waals surface area (Å²) in [5.41, 5.74) is 0.513. The van der Waals surface area contributed by atoms with Crippen molar-refractivity contribution in [3.8, 4) is 0 Å². The molecule has 1 nitrogen and oxygen atoms in total. The van der Waals surface area contributed by atoms with Crippen LogP contribution in [0.25, 0.3) is 0 Å². The van der Waals surface area contributed by atoms with E-state index in [1.807, 2.05) is 0 Å². The van der Waals surface area contributed by atoms with Crippen LogP contribution >= 0.6 is 15.9 Å². The Morgan fingerprint density at radius 3 is 3.09 bits per heavy atom. The normalized spacial score (nSPS) is 49.6. The van der Waals surface area contributed by atoms with Crippen LogP contribution in [0.3, 0.4) is 0 Å². The Morgan fingerprint density at radius 1 is 1.64 bits per heavy atom. The third-order valence-corrected chi connectivity index (χ3v) is 4.30. The van der Waals surface area contributed by atoms with Crippen LogP contribution in [0.1, 0.15) is 32.6 Å². The second-order valence-electron chi connectivity index (χ2n) is 4.03. The van der Waals surface area contributed by atoms with Crippen molar-refractivity contribution in [1.82, 2.24) is 0 Å². The van der Waals surface area contributed by atoms with E-state index < -0.39 is 0 Å². The van der Waals surface area contributed by atoms with Crippen LogP contribution in [-0.4, -0.2) is 17.5 Å². The van der Waals surface area contributed by atoms with Crippen LogP contribution in [0.5, 0.6) is 0 Å². The summed E-state index contributed by atoms with van der Waals surface area (Å²) in [6, 6.07) is 0. The minimum absolute atomic E-state index is 0.498. The van der Waals surface area contributed by atoms with Gasteiger partial charge in [0.1, 0.15) is 0 Å². The first-order chi connectivity index (χ1) is 5.27. The van der Waals surface area contributed by atoms with Gasteiger partial charge in [-0.2, -0.15) is 0 Å². The lowest BCUT2D eigenvalue weighted by molar-refractivity contribution is 0.0381. The number of ether oxygens (including phenoxy) is 1. The molecule has 2 aliphatic rings. The van der Waals surface area contributed by atoms with Crippen LogP contribution in [0, 0.1) is 5.41 Å². The number of hydrogen-bond acceptors (Lipinski definition) is 1. The molecular weight excluding hydrogens is 204 g/mol. The Balaban J connectivity index is 2.15. The SMILES string of the molecule is C[C@@H]1C[C@]2(CBr)CCC[C@H]2O1. The quantitative estimate of drug-likeness (QED) is 0.616. The Kier molecular flexibility index (Phi) is 2.00. The van der Waals surface area contributed by atoms with Crippen LogP contribution in [0.15, 0.2) is 0 Å². The molecule has 0 unspecified atom stereocenters. The second kappa shape index (κ2) is 2.74. The van der Waals surface area contributed by atoms with Gasteiger partial charge in [0.2, 0.25) is 0 Å². The van der Waals surface area contributed by atoms with E-state index in [1.165, 1.54) is 25.7 Å². The average molecular weight is 219 g/mol. The summed E-state index contributed by atoms with van der Waals surface area (Å²) in [6.45, 7) is 2.20. The van der Waals surface area contributed by atoms with Crippen LogP contribution in [-0.2, 0) is 4.74 Å². The maximum atomic E-state index is 5.85. The van der Waals surface area contributed by atoms with Gasteiger partial charge in [-0.15, -0.1) is 0 Å². The molecule has 2 heteroatoms. The predicted molar refractivity (Wildman–Crippen MR) is 49.0 cm³/mol. The van der Waals surface area contributed by atoms with Gasteiger partial charge in [-0.3, -0.25) is 0 Å². The molecular formula is C9H15BrO. The highest BCUT2D eigenvalue weighted by Crippen LogP contribution is 2.50. The summed E-state index contributed by atoms with van der Waals surface area (Å²) >= 11 is 3.62. The van der Waals surface area contributed by atoms with Gasteiger partial charge in [0.15, 0.2) is 0 Å². The van der Waals surface area contributed by atoms with Crippen molar-refractivity contribution in [3.63, 3.8) is 0 Å². The largest absolute Gasteiger partial charge is 0.375 e. The molecule has 0 aromatic carbocycles. The molecule has 1 aliphatic carbocycles. The lowest BCUT2D eigenvalue weighted by Crippen LogP contribution is -2.26. The fourth-order valence-corrected chi connectivity index (χ4v) is 3.53. The molecule has 0 amide bonds. The summed E-state index contributed by atoms with van der Waals surface area (Å²) in [4.78, 5) is 0. The molecule has 1 aliphatic heterocycles. The summed E-state index contributed by atoms with van der Waals surface area (Å²) < 4.78 is 5.85. The van der Waals surface area contributed by atoms with Gasteiger partial charge < -0.3 is 4.74 Å². The molecule has 1 saturated carbocycles. The maximum absolute atomic E-state index is 5.85. The molecule has 2 rings (SSSR count). The molecule has 2 fully saturated rings. The van der Waals surface area contributed by atoms with E-state index >= 15 is 0 Å². The van der Waals surface area contributed by atoms with Gasteiger partial charge in [0.05, 0.1) is 12.2 Å². The Hall–Kier alpha value is 0.440. The Morgan fingerprint density at radius 2 is 2.45 bits per heavy atom. The number of hydrogen-bond donors (Lipinski definition) is 0. The summed E-state index contributed by atoms with van der Waals surface area (Å²) in [6.07, 6.45) is 6.35. The number of halogens is 1. The summed E-state index contributed by atoms with van der Waals surface area (Å²) in [5, 5.41) is 1.13. The summed E-state index contributed by atoms with van der Waals surface area (Å²) in [5.74, 6) is 0. The zero-order valence-corrected chi connectivity index (χ0v) is 8.56. The van der Waals surface area contributed by atoms with Crippen LogP contribution < -0.4 is 0 Å². The van der Waals surface area contributed by atoms with Gasteiger partial charge in [-0.1, -0.05) is 22.4 Å². The molecule has 0 radical (unpaired) electrons. The lowest BCUT2D eigenvalue weighted by atomic mass is 9.84. The van der Waals surface area contributed by atoms with E-state index in [1.54, 1.807) is 0 Å².